The molecule has 2 aliphatic rings. The number of benzene rings is 2. The fraction of sp³-hybridized carbons (Fsp3) is 0.308. The van der Waals surface area contributed by atoms with Crippen molar-refractivity contribution in [3.63, 3.8) is 0 Å². The predicted molar refractivity (Wildman–Crippen MR) is 142 cm³/mol. The summed E-state index contributed by atoms with van der Waals surface area (Å²) in [6.45, 7) is 0.665. The van der Waals surface area contributed by atoms with Crippen LogP contribution in [-0.4, -0.2) is 60.4 Å². The Hall–Kier alpha value is -3.91. The van der Waals surface area contributed by atoms with Crippen molar-refractivity contribution < 1.29 is 27.5 Å². The van der Waals surface area contributed by atoms with Gasteiger partial charge in [0.2, 0.25) is 0 Å². The second kappa shape index (κ2) is 11.1. The molecule has 10 nitrogen and oxygen atoms in total. The number of urea groups is 2. The number of amides is 4. The van der Waals surface area contributed by atoms with Crippen molar-refractivity contribution in [3.05, 3.63) is 70.4 Å². The van der Waals surface area contributed by atoms with Crippen molar-refractivity contribution in [1.82, 2.24) is 10.2 Å². The molecule has 2 N–H and O–H groups in total. The Morgan fingerprint density at radius 3 is 2.54 bits per heavy atom. The third-order valence-electron chi connectivity index (χ3n) is 6.51. The van der Waals surface area contributed by atoms with Crippen LogP contribution in [0, 0.1) is 22.7 Å². The maximum atomic E-state index is 14.0. The summed E-state index contributed by atoms with van der Waals surface area (Å²) in [6.07, 6.45) is 0.0507. The standard InChI is InChI=1S/C26H24FN5O5S2/c1-15-20(12-29)24(19-7-6-17(11-28)9-23(19)39(2,36)37)32(25(34)30-21-13-38-14-22(21)33)26(35)31(15)18-5-3-4-16(8-18)10-27/h3-9,21-22,24,33H,10,13-14H2,1-2H3,(H,30,34)/t21?,22?,24-/m1/s1. The lowest BCUT2D eigenvalue weighted by molar-refractivity contribution is 0.148. The van der Waals surface area contributed by atoms with Crippen LogP contribution in [0.15, 0.2) is 58.6 Å². The van der Waals surface area contributed by atoms with Crippen LogP contribution in [0.4, 0.5) is 19.7 Å². The van der Waals surface area contributed by atoms with E-state index in [0.29, 0.717) is 11.5 Å². The molecular weight excluding hydrogens is 545 g/mol. The molecule has 1 fully saturated rings. The molecule has 0 aromatic heterocycles. The number of hydrogen-bond acceptors (Lipinski definition) is 8. The second-order valence-corrected chi connectivity index (χ2v) is 12.2. The van der Waals surface area contributed by atoms with E-state index in [1.807, 2.05) is 12.1 Å². The number of nitrogens with one attached hydrogen (secondary N) is 1. The molecule has 0 bridgehead atoms. The molecule has 2 aliphatic heterocycles. The predicted octanol–water partition coefficient (Wildman–Crippen LogP) is 3.40. The summed E-state index contributed by atoms with van der Waals surface area (Å²) in [4.78, 5) is 29.3. The van der Waals surface area contributed by atoms with E-state index in [-0.39, 0.29) is 38.5 Å². The molecule has 1 saturated heterocycles. The number of aliphatic hydroxyl groups excluding tert-OH is 1. The highest BCUT2D eigenvalue weighted by atomic mass is 32.2. The number of thioether (sulfide) groups is 1. The summed E-state index contributed by atoms with van der Waals surface area (Å²) in [5.74, 6) is 0.758. The number of aliphatic hydroxyl groups is 1. The van der Waals surface area contributed by atoms with Gasteiger partial charge in [0.15, 0.2) is 9.84 Å². The number of allylic oxidation sites excluding steroid dienone is 1. The van der Waals surface area contributed by atoms with Gasteiger partial charge in [-0.3, -0.25) is 4.90 Å². The number of nitrogens with zero attached hydrogens (tertiary/aromatic N) is 4. The molecule has 2 unspecified atom stereocenters. The molecular formula is C26H24FN5O5S2. The van der Waals surface area contributed by atoms with Gasteiger partial charge >= 0.3 is 12.1 Å². The number of anilines is 1. The quantitative estimate of drug-likeness (QED) is 0.555. The number of nitriles is 2. The Labute approximate surface area is 229 Å². The SMILES string of the molecule is CC1=C(C#N)[C@@H](c2ccc(C#N)cc2S(C)(=O)=O)N(C(=O)NC2CSCC2O)C(=O)N1c1cccc(CF)c1. The van der Waals surface area contributed by atoms with Gasteiger partial charge in [-0.15, -0.1) is 0 Å². The number of alkyl halides is 1. The monoisotopic (exact) mass is 569 g/mol. The molecule has 3 atom stereocenters. The maximum Gasteiger partial charge on any atom is 0.337 e. The van der Waals surface area contributed by atoms with Crippen molar-refractivity contribution in [3.8, 4) is 12.1 Å². The summed E-state index contributed by atoms with van der Waals surface area (Å²) in [5, 5.41) is 32.5. The van der Waals surface area contributed by atoms with Crippen LogP contribution in [0.3, 0.4) is 0 Å². The Morgan fingerprint density at radius 2 is 1.95 bits per heavy atom. The van der Waals surface area contributed by atoms with Gasteiger partial charge in [-0.05, 0) is 42.3 Å². The van der Waals surface area contributed by atoms with Crippen molar-refractivity contribution in [2.75, 3.05) is 22.7 Å². The topological polar surface area (TPSA) is 155 Å². The second-order valence-electron chi connectivity index (χ2n) is 9.10. The Morgan fingerprint density at radius 1 is 1.21 bits per heavy atom. The fourth-order valence-corrected chi connectivity index (χ4v) is 6.71. The first-order chi connectivity index (χ1) is 18.5. The minimum Gasteiger partial charge on any atom is -0.390 e. The van der Waals surface area contributed by atoms with Crippen LogP contribution in [0.5, 0.6) is 0 Å². The van der Waals surface area contributed by atoms with E-state index in [0.717, 1.165) is 22.1 Å². The van der Waals surface area contributed by atoms with Gasteiger partial charge in [0, 0.05) is 23.5 Å². The van der Waals surface area contributed by atoms with E-state index < -0.39 is 46.8 Å². The van der Waals surface area contributed by atoms with Gasteiger partial charge in [-0.25, -0.2) is 27.3 Å². The van der Waals surface area contributed by atoms with E-state index in [9.17, 15) is 38.0 Å². The fourth-order valence-electron chi connectivity index (χ4n) is 4.59. The van der Waals surface area contributed by atoms with Crippen LogP contribution < -0.4 is 10.2 Å². The summed E-state index contributed by atoms with van der Waals surface area (Å²) in [7, 11) is -3.99. The van der Waals surface area contributed by atoms with Gasteiger partial charge in [0.05, 0.1) is 46.0 Å². The smallest absolute Gasteiger partial charge is 0.337 e. The van der Waals surface area contributed by atoms with Crippen LogP contribution >= 0.6 is 11.8 Å². The van der Waals surface area contributed by atoms with E-state index in [1.165, 1.54) is 55.1 Å². The average molecular weight is 570 g/mol. The maximum absolute atomic E-state index is 14.0. The van der Waals surface area contributed by atoms with Gasteiger partial charge < -0.3 is 10.4 Å². The number of rotatable bonds is 5. The third kappa shape index (κ3) is 5.34. The van der Waals surface area contributed by atoms with Crippen LogP contribution in [-0.2, 0) is 16.5 Å². The van der Waals surface area contributed by atoms with Crippen molar-refractivity contribution >= 4 is 39.3 Å². The van der Waals surface area contributed by atoms with Gasteiger partial charge in [-0.2, -0.15) is 22.3 Å². The van der Waals surface area contributed by atoms with Crippen LogP contribution in [0.25, 0.3) is 0 Å². The number of carbonyl (C=O) groups is 2. The van der Waals surface area contributed by atoms with Crippen LogP contribution in [0.2, 0.25) is 0 Å². The van der Waals surface area contributed by atoms with Gasteiger partial charge in [-0.1, -0.05) is 18.2 Å². The molecule has 202 valence electrons. The summed E-state index contributed by atoms with van der Waals surface area (Å²) in [6, 6.07) is 9.62. The third-order valence-corrected chi connectivity index (χ3v) is 8.84. The molecule has 0 radical (unpaired) electrons. The van der Waals surface area contributed by atoms with Crippen molar-refractivity contribution in [1.29, 1.82) is 10.5 Å². The number of carbonyl (C=O) groups excluding carboxylic acids is 2. The first kappa shape index (κ1) is 28.1. The number of imide groups is 1. The zero-order valence-electron chi connectivity index (χ0n) is 21.0. The largest absolute Gasteiger partial charge is 0.390 e. The normalized spacial score (nSPS) is 21.5. The van der Waals surface area contributed by atoms with Gasteiger partial charge in [0.1, 0.15) is 12.7 Å². The molecule has 4 rings (SSSR count). The molecule has 0 spiro atoms. The molecule has 39 heavy (non-hydrogen) atoms. The number of sulfone groups is 1. The number of hydrogen-bond donors (Lipinski definition) is 2. The molecule has 2 aromatic carbocycles. The Bertz CT molecular complexity index is 1560. The van der Waals surface area contributed by atoms with E-state index in [2.05, 4.69) is 5.32 Å². The highest BCUT2D eigenvalue weighted by Gasteiger charge is 2.46. The first-order valence-corrected chi connectivity index (χ1v) is 14.8. The highest BCUT2D eigenvalue weighted by molar-refractivity contribution is 7.99. The lowest BCUT2D eigenvalue weighted by Crippen LogP contribution is -2.57. The summed E-state index contributed by atoms with van der Waals surface area (Å²) >= 11 is 1.41. The molecule has 2 aromatic rings. The van der Waals surface area contributed by atoms with Gasteiger partial charge in [0.25, 0.3) is 0 Å². The molecule has 4 amide bonds. The molecule has 0 aliphatic carbocycles. The summed E-state index contributed by atoms with van der Waals surface area (Å²) in [5.41, 5.74) is 0.472. The summed E-state index contributed by atoms with van der Waals surface area (Å²) < 4.78 is 39.0. The molecule has 13 heteroatoms. The minimum atomic E-state index is -3.99. The average Bonchev–Trinajstić information content (AvgIpc) is 3.31. The van der Waals surface area contributed by atoms with Crippen molar-refractivity contribution in [2.45, 2.75) is 36.7 Å². The zero-order chi connectivity index (χ0) is 28.5. The van der Waals surface area contributed by atoms with E-state index >= 15 is 0 Å². The Balaban J connectivity index is 1.96. The van der Waals surface area contributed by atoms with Crippen LogP contribution in [0.1, 0.15) is 29.7 Å². The Kier molecular flexibility index (Phi) is 7.97. The first-order valence-electron chi connectivity index (χ1n) is 11.7. The lowest BCUT2D eigenvalue weighted by atomic mass is 9.93. The highest BCUT2D eigenvalue weighted by Crippen LogP contribution is 2.41. The molecule has 2 heterocycles. The lowest BCUT2D eigenvalue weighted by Gasteiger charge is -2.41. The van der Waals surface area contributed by atoms with E-state index in [4.69, 9.17) is 0 Å². The van der Waals surface area contributed by atoms with E-state index in [1.54, 1.807) is 0 Å². The molecule has 0 saturated carbocycles. The van der Waals surface area contributed by atoms with Crippen molar-refractivity contribution in [2.24, 2.45) is 0 Å². The minimum absolute atomic E-state index is 0.0345. The zero-order valence-corrected chi connectivity index (χ0v) is 22.6. The number of halogens is 1.